The van der Waals surface area contributed by atoms with Crippen molar-refractivity contribution in [2.75, 3.05) is 12.0 Å². The summed E-state index contributed by atoms with van der Waals surface area (Å²) in [6.07, 6.45) is 5.81. The molecule has 1 aromatic rings. The second-order valence-electron chi connectivity index (χ2n) is 4.78. The lowest BCUT2D eigenvalue weighted by Crippen LogP contribution is -2.34. The number of nitrogens with one attached hydrogen (secondary N) is 1. The summed E-state index contributed by atoms with van der Waals surface area (Å²) in [7, 11) is 0. The summed E-state index contributed by atoms with van der Waals surface area (Å²) >= 11 is 6.00. The number of aromatic nitrogens is 1. The number of halogens is 1. The van der Waals surface area contributed by atoms with Gasteiger partial charge in [0.1, 0.15) is 0 Å². The van der Waals surface area contributed by atoms with Crippen LogP contribution in [0.4, 0.5) is 5.82 Å². The highest BCUT2D eigenvalue weighted by molar-refractivity contribution is 6.33. The van der Waals surface area contributed by atoms with Gasteiger partial charge in [0.15, 0.2) is 5.82 Å². The van der Waals surface area contributed by atoms with Crippen LogP contribution in [0, 0.1) is 0 Å². The van der Waals surface area contributed by atoms with Gasteiger partial charge in [0.2, 0.25) is 0 Å². The molecular formula is C13H19ClN4O. The first-order valence-corrected chi connectivity index (χ1v) is 6.98. The first-order chi connectivity index (χ1) is 9.17. The van der Waals surface area contributed by atoms with Crippen LogP contribution in [-0.2, 0) is 0 Å². The zero-order valence-electron chi connectivity index (χ0n) is 11.0. The molecule has 0 unspecified atom stereocenters. The van der Waals surface area contributed by atoms with Crippen molar-refractivity contribution >= 4 is 23.3 Å². The average molecular weight is 283 g/mol. The van der Waals surface area contributed by atoms with Gasteiger partial charge in [-0.05, 0) is 25.3 Å². The molecule has 1 fully saturated rings. The van der Waals surface area contributed by atoms with Crippen LogP contribution in [0.15, 0.2) is 12.3 Å². The van der Waals surface area contributed by atoms with Crippen molar-refractivity contribution in [2.24, 2.45) is 5.84 Å². The minimum Gasteiger partial charge on any atom is -0.336 e. The number of pyridine rings is 1. The summed E-state index contributed by atoms with van der Waals surface area (Å²) < 4.78 is 0. The number of hydrazine groups is 1. The van der Waals surface area contributed by atoms with Crippen LogP contribution in [0.3, 0.4) is 0 Å². The largest absolute Gasteiger partial charge is 0.336 e. The van der Waals surface area contributed by atoms with Crippen LogP contribution < -0.4 is 11.3 Å². The molecule has 1 aromatic heterocycles. The van der Waals surface area contributed by atoms with Gasteiger partial charge in [-0.2, -0.15) is 0 Å². The van der Waals surface area contributed by atoms with Gasteiger partial charge in [-0.15, -0.1) is 0 Å². The van der Waals surface area contributed by atoms with Crippen molar-refractivity contribution in [3.05, 3.63) is 22.8 Å². The zero-order valence-corrected chi connectivity index (χ0v) is 11.8. The maximum absolute atomic E-state index is 12.5. The topological polar surface area (TPSA) is 71.2 Å². The maximum atomic E-state index is 12.5. The molecule has 104 valence electrons. The van der Waals surface area contributed by atoms with Crippen LogP contribution in [0.2, 0.25) is 5.02 Å². The summed E-state index contributed by atoms with van der Waals surface area (Å²) in [5.41, 5.74) is 2.91. The molecule has 2 rings (SSSR count). The van der Waals surface area contributed by atoms with Crippen LogP contribution >= 0.6 is 11.6 Å². The Hall–Kier alpha value is -1.33. The zero-order chi connectivity index (χ0) is 13.8. The molecule has 5 nitrogen and oxygen atoms in total. The Kier molecular flexibility index (Phi) is 4.61. The van der Waals surface area contributed by atoms with Gasteiger partial charge in [-0.1, -0.05) is 24.9 Å². The van der Waals surface area contributed by atoms with E-state index in [1.54, 1.807) is 6.07 Å². The first-order valence-electron chi connectivity index (χ1n) is 6.60. The van der Waals surface area contributed by atoms with Crippen molar-refractivity contribution in [3.63, 3.8) is 0 Å². The minimum absolute atomic E-state index is 0.00826. The van der Waals surface area contributed by atoms with Gasteiger partial charge in [0.05, 0.1) is 10.6 Å². The van der Waals surface area contributed by atoms with Gasteiger partial charge >= 0.3 is 0 Å². The number of hydrogen-bond acceptors (Lipinski definition) is 4. The number of nitrogens with two attached hydrogens (primary N) is 1. The Morgan fingerprint density at radius 3 is 2.89 bits per heavy atom. The Morgan fingerprint density at radius 2 is 2.37 bits per heavy atom. The molecule has 0 aromatic carbocycles. The van der Waals surface area contributed by atoms with Crippen LogP contribution in [0.5, 0.6) is 0 Å². The standard InChI is InChI=1S/C13H19ClN4O/c1-2-3-6-18(10-4-5-10)13(19)9-7-11(14)12(17-15)16-8-9/h7-8,10H,2-6,15H2,1H3,(H,16,17). The van der Waals surface area contributed by atoms with E-state index >= 15 is 0 Å². The molecule has 19 heavy (non-hydrogen) atoms. The fourth-order valence-corrected chi connectivity index (χ4v) is 2.21. The lowest BCUT2D eigenvalue weighted by Gasteiger charge is -2.22. The highest BCUT2D eigenvalue weighted by Crippen LogP contribution is 2.29. The number of nitrogen functional groups attached to an aromatic ring is 1. The highest BCUT2D eigenvalue weighted by Gasteiger charge is 2.32. The van der Waals surface area contributed by atoms with Crippen molar-refractivity contribution in [2.45, 2.75) is 38.6 Å². The van der Waals surface area contributed by atoms with Gasteiger partial charge in [0, 0.05) is 18.8 Å². The van der Waals surface area contributed by atoms with Crippen molar-refractivity contribution in [3.8, 4) is 0 Å². The van der Waals surface area contributed by atoms with E-state index in [0.717, 1.165) is 32.2 Å². The molecule has 0 bridgehead atoms. The normalized spacial score (nSPS) is 14.3. The van der Waals surface area contributed by atoms with Crippen LogP contribution in [0.25, 0.3) is 0 Å². The number of anilines is 1. The predicted octanol–water partition coefficient (Wildman–Crippen LogP) is 2.43. The number of rotatable bonds is 6. The minimum atomic E-state index is 0.00826. The summed E-state index contributed by atoms with van der Waals surface area (Å²) in [5.74, 6) is 5.66. The predicted molar refractivity (Wildman–Crippen MR) is 76.0 cm³/mol. The smallest absolute Gasteiger partial charge is 0.255 e. The van der Waals surface area contributed by atoms with E-state index < -0.39 is 0 Å². The maximum Gasteiger partial charge on any atom is 0.255 e. The van der Waals surface area contributed by atoms with Gasteiger partial charge in [-0.3, -0.25) is 4.79 Å². The second kappa shape index (κ2) is 6.21. The van der Waals surface area contributed by atoms with Crippen LogP contribution in [0.1, 0.15) is 43.0 Å². The van der Waals surface area contributed by atoms with E-state index in [1.165, 1.54) is 6.20 Å². The van der Waals surface area contributed by atoms with Gasteiger partial charge in [0.25, 0.3) is 5.91 Å². The molecule has 3 N–H and O–H groups in total. The number of nitrogens with zero attached hydrogens (tertiary/aromatic N) is 2. The Bertz CT molecular complexity index is 462. The summed E-state index contributed by atoms with van der Waals surface area (Å²) in [6.45, 7) is 2.92. The van der Waals surface area contributed by atoms with E-state index in [0.29, 0.717) is 22.4 Å². The molecule has 1 saturated carbocycles. The molecule has 0 spiro atoms. The third-order valence-electron chi connectivity index (χ3n) is 3.23. The van der Waals surface area contributed by atoms with Gasteiger partial charge < -0.3 is 10.3 Å². The van der Waals surface area contributed by atoms with Crippen LogP contribution in [-0.4, -0.2) is 28.4 Å². The number of hydrogen-bond donors (Lipinski definition) is 2. The molecule has 6 heteroatoms. The summed E-state index contributed by atoms with van der Waals surface area (Å²) in [6, 6.07) is 2.01. The van der Waals surface area contributed by atoms with E-state index in [1.807, 2.05) is 4.90 Å². The molecular weight excluding hydrogens is 264 g/mol. The van der Waals surface area contributed by atoms with Crippen molar-refractivity contribution in [1.29, 1.82) is 0 Å². The Morgan fingerprint density at radius 1 is 1.63 bits per heavy atom. The third kappa shape index (κ3) is 3.36. The third-order valence-corrected chi connectivity index (χ3v) is 3.51. The number of unbranched alkanes of at least 4 members (excludes halogenated alkanes) is 1. The molecule has 1 aliphatic rings. The number of carbonyl (C=O) groups excluding carboxylic acids is 1. The van der Waals surface area contributed by atoms with E-state index in [9.17, 15) is 4.79 Å². The Labute approximate surface area is 118 Å². The lowest BCUT2D eigenvalue weighted by atomic mass is 10.2. The van der Waals surface area contributed by atoms with E-state index in [2.05, 4.69) is 17.3 Å². The Balaban J connectivity index is 2.14. The molecule has 1 amide bonds. The average Bonchev–Trinajstić information content (AvgIpc) is 3.23. The fourth-order valence-electron chi connectivity index (χ4n) is 1.99. The lowest BCUT2D eigenvalue weighted by molar-refractivity contribution is 0.0740. The molecule has 0 radical (unpaired) electrons. The summed E-state index contributed by atoms with van der Waals surface area (Å²) in [4.78, 5) is 18.4. The van der Waals surface area contributed by atoms with Gasteiger partial charge in [-0.25, -0.2) is 10.8 Å². The second-order valence-corrected chi connectivity index (χ2v) is 5.19. The quantitative estimate of drug-likeness (QED) is 0.621. The fraction of sp³-hybridized carbons (Fsp3) is 0.538. The molecule has 1 heterocycles. The SMILES string of the molecule is CCCCN(C(=O)c1cnc(NN)c(Cl)c1)C1CC1. The monoisotopic (exact) mass is 282 g/mol. The molecule has 1 aliphatic carbocycles. The molecule has 0 saturated heterocycles. The van der Waals surface area contributed by atoms with E-state index in [-0.39, 0.29) is 5.91 Å². The molecule has 0 aliphatic heterocycles. The number of carbonyl (C=O) groups is 1. The highest BCUT2D eigenvalue weighted by atomic mass is 35.5. The van der Waals surface area contributed by atoms with Crippen molar-refractivity contribution < 1.29 is 4.79 Å². The van der Waals surface area contributed by atoms with E-state index in [4.69, 9.17) is 17.4 Å². The van der Waals surface area contributed by atoms with Crippen molar-refractivity contribution in [1.82, 2.24) is 9.88 Å². The molecule has 0 atom stereocenters. The first kappa shape index (κ1) is 14.1. The summed E-state index contributed by atoms with van der Waals surface area (Å²) in [5, 5.41) is 0.361. The number of amides is 1.